The van der Waals surface area contributed by atoms with Gasteiger partial charge in [-0.05, 0) is 31.9 Å². The summed E-state index contributed by atoms with van der Waals surface area (Å²) in [4.78, 5) is 11.0. The Morgan fingerprint density at radius 2 is 2.10 bits per heavy atom. The van der Waals surface area contributed by atoms with Gasteiger partial charge < -0.3 is 4.74 Å². The molecule has 20 heavy (non-hydrogen) atoms. The molecule has 1 aliphatic rings. The van der Waals surface area contributed by atoms with E-state index >= 15 is 0 Å². The Labute approximate surface area is 117 Å². The maximum Gasteiger partial charge on any atom is 0.172 e. The van der Waals surface area contributed by atoms with Crippen molar-refractivity contribution in [1.82, 2.24) is 15.0 Å². The van der Waals surface area contributed by atoms with Crippen LogP contribution in [0.5, 0.6) is 5.75 Å². The van der Waals surface area contributed by atoms with E-state index in [0.717, 1.165) is 30.6 Å². The Morgan fingerprint density at radius 1 is 1.35 bits per heavy atom. The van der Waals surface area contributed by atoms with Gasteiger partial charge >= 0.3 is 0 Å². The molecule has 1 heterocycles. The van der Waals surface area contributed by atoms with E-state index in [9.17, 15) is 4.79 Å². The minimum absolute atomic E-state index is 0.449. The van der Waals surface area contributed by atoms with Crippen molar-refractivity contribution in [3.63, 3.8) is 0 Å². The van der Waals surface area contributed by atoms with Gasteiger partial charge in [0.25, 0.3) is 0 Å². The lowest BCUT2D eigenvalue weighted by molar-refractivity contribution is 0.111. The van der Waals surface area contributed by atoms with Gasteiger partial charge in [-0.15, -0.1) is 5.10 Å². The summed E-state index contributed by atoms with van der Waals surface area (Å²) in [6.07, 6.45) is 3.03. The molecule has 0 spiro atoms. The van der Waals surface area contributed by atoms with Gasteiger partial charge in [-0.3, -0.25) is 4.79 Å². The van der Waals surface area contributed by atoms with Crippen LogP contribution in [0.2, 0.25) is 0 Å². The largest absolute Gasteiger partial charge is 0.492 e. The minimum Gasteiger partial charge on any atom is -0.492 e. The molecule has 5 nitrogen and oxygen atoms in total. The van der Waals surface area contributed by atoms with Crippen molar-refractivity contribution in [3.8, 4) is 5.75 Å². The third-order valence-electron chi connectivity index (χ3n) is 3.47. The molecule has 0 saturated heterocycles. The van der Waals surface area contributed by atoms with Gasteiger partial charge in [0, 0.05) is 5.92 Å². The number of aldehydes is 1. The first-order valence-corrected chi connectivity index (χ1v) is 6.86. The average Bonchev–Trinajstić information content (AvgIpc) is 3.22. The highest BCUT2D eigenvalue weighted by Crippen LogP contribution is 2.40. The van der Waals surface area contributed by atoms with E-state index in [4.69, 9.17) is 4.74 Å². The predicted molar refractivity (Wildman–Crippen MR) is 74.1 cm³/mol. The Morgan fingerprint density at radius 3 is 2.75 bits per heavy atom. The van der Waals surface area contributed by atoms with E-state index in [0.29, 0.717) is 24.8 Å². The van der Waals surface area contributed by atoms with Crippen molar-refractivity contribution >= 4 is 6.29 Å². The molecule has 1 fully saturated rings. The zero-order valence-corrected chi connectivity index (χ0v) is 11.5. The molecule has 2 aromatic rings. The van der Waals surface area contributed by atoms with Crippen LogP contribution in [0.3, 0.4) is 0 Å². The van der Waals surface area contributed by atoms with Crippen LogP contribution in [-0.4, -0.2) is 27.9 Å². The third kappa shape index (κ3) is 2.71. The highest BCUT2D eigenvalue weighted by Gasteiger charge is 2.31. The highest BCUT2D eigenvalue weighted by molar-refractivity contribution is 5.73. The summed E-state index contributed by atoms with van der Waals surface area (Å²) in [7, 11) is 0. The van der Waals surface area contributed by atoms with Crippen LogP contribution in [0.1, 0.15) is 40.5 Å². The van der Waals surface area contributed by atoms with Gasteiger partial charge in [0.15, 0.2) is 6.29 Å². The maximum absolute atomic E-state index is 11.0. The molecule has 1 aromatic carbocycles. The molecule has 5 heteroatoms. The molecule has 0 N–H and O–H groups in total. The van der Waals surface area contributed by atoms with Crippen molar-refractivity contribution in [1.29, 1.82) is 0 Å². The first kappa shape index (κ1) is 12.8. The summed E-state index contributed by atoms with van der Waals surface area (Å²) in [6, 6.07) is 7.94. The third-order valence-corrected chi connectivity index (χ3v) is 3.47. The van der Waals surface area contributed by atoms with Crippen molar-refractivity contribution in [2.24, 2.45) is 0 Å². The molecule has 0 unspecified atom stereocenters. The fourth-order valence-corrected chi connectivity index (χ4v) is 2.24. The van der Waals surface area contributed by atoms with Gasteiger partial charge in [-0.1, -0.05) is 22.9 Å². The number of benzene rings is 1. The standard InChI is InChI=1S/C15H17N3O2/c1-11-2-6-13(7-3-11)20-9-8-18-15(12-4-5-12)14(10-19)16-17-18/h2-3,6-7,10,12H,4-5,8-9H2,1H3. The number of hydrogen-bond donors (Lipinski definition) is 0. The lowest BCUT2D eigenvalue weighted by Gasteiger charge is -2.08. The highest BCUT2D eigenvalue weighted by atomic mass is 16.5. The normalized spacial score (nSPS) is 14.2. The van der Waals surface area contributed by atoms with Crippen LogP contribution in [0, 0.1) is 6.92 Å². The van der Waals surface area contributed by atoms with Crippen LogP contribution in [0.15, 0.2) is 24.3 Å². The molecule has 0 bridgehead atoms. The Kier molecular flexibility index (Phi) is 3.50. The zero-order valence-electron chi connectivity index (χ0n) is 11.5. The van der Waals surface area contributed by atoms with E-state index < -0.39 is 0 Å². The molecular weight excluding hydrogens is 254 g/mol. The molecule has 1 saturated carbocycles. The Balaban J connectivity index is 1.62. The monoisotopic (exact) mass is 271 g/mol. The number of aromatic nitrogens is 3. The van der Waals surface area contributed by atoms with Crippen LogP contribution < -0.4 is 4.74 Å². The van der Waals surface area contributed by atoms with Gasteiger partial charge in [-0.25, -0.2) is 4.68 Å². The molecule has 0 amide bonds. The zero-order chi connectivity index (χ0) is 13.9. The fourth-order valence-electron chi connectivity index (χ4n) is 2.24. The number of rotatable bonds is 6. The van der Waals surface area contributed by atoms with E-state index in [1.165, 1.54) is 5.56 Å². The van der Waals surface area contributed by atoms with Crippen molar-refractivity contribution < 1.29 is 9.53 Å². The minimum atomic E-state index is 0.449. The molecule has 0 radical (unpaired) electrons. The number of carbonyl (C=O) groups excluding carboxylic acids is 1. The van der Waals surface area contributed by atoms with Crippen LogP contribution in [-0.2, 0) is 6.54 Å². The first-order valence-electron chi connectivity index (χ1n) is 6.86. The van der Waals surface area contributed by atoms with Crippen molar-refractivity contribution in [2.75, 3.05) is 6.61 Å². The summed E-state index contributed by atoms with van der Waals surface area (Å²) in [5.74, 6) is 1.30. The summed E-state index contributed by atoms with van der Waals surface area (Å²) in [5.41, 5.74) is 2.65. The van der Waals surface area contributed by atoms with Crippen molar-refractivity contribution in [3.05, 3.63) is 41.2 Å². The van der Waals surface area contributed by atoms with Gasteiger partial charge in [0.1, 0.15) is 18.1 Å². The van der Waals surface area contributed by atoms with Crippen LogP contribution in [0.25, 0.3) is 0 Å². The Hall–Kier alpha value is -2.17. The van der Waals surface area contributed by atoms with Gasteiger partial charge in [-0.2, -0.15) is 0 Å². The lowest BCUT2D eigenvalue weighted by Crippen LogP contribution is -2.12. The number of carbonyl (C=O) groups is 1. The quantitative estimate of drug-likeness (QED) is 0.757. The molecular formula is C15H17N3O2. The van der Waals surface area contributed by atoms with E-state index in [-0.39, 0.29) is 0 Å². The Bertz CT molecular complexity index is 600. The second-order valence-corrected chi connectivity index (χ2v) is 5.14. The number of nitrogens with zero attached hydrogens (tertiary/aromatic N) is 3. The molecule has 0 aliphatic heterocycles. The smallest absolute Gasteiger partial charge is 0.172 e. The topological polar surface area (TPSA) is 57.0 Å². The molecule has 0 atom stereocenters. The van der Waals surface area contributed by atoms with Crippen LogP contribution >= 0.6 is 0 Å². The molecule has 104 valence electrons. The average molecular weight is 271 g/mol. The molecule has 3 rings (SSSR count). The first-order chi connectivity index (χ1) is 9.78. The van der Waals surface area contributed by atoms with Gasteiger partial charge in [0.2, 0.25) is 0 Å². The fraction of sp³-hybridized carbons (Fsp3) is 0.400. The lowest BCUT2D eigenvalue weighted by atomic mass is 10.2. The SMILES string of the molecule is Cc1ccc(OCCn2nnc(C=O)c2C2CC2)cc1. The molecule has 1 aliphatic carbocycles. The summed E-state index contributed by atoms with van der Waals surface area (Å²) in [6.45, 7) is 3.17. The predicted octanol–water partition coefficient (Wildman–Crippen LogP) is 2.36. The van der Waals surface area contributed by atoms with Crippen LogP contribution in [0.4, 0.5) is 0 Å². The van der Waals surface area contributed by atoms with E-state index in [1.807, 2.05) is 31.2 Å². The summed E-state index contributed by atoms with van der Waals surface area (Å²) >= 11 is 0. The maximum atomic E-state index is 11.0. The van der Waals surface area contributed by atoms with E-state index in [1.54, 1.807) is 4.68 Å². The molecule has 1 aromatic heterocycles. The second-order valence-electron chi connectivity index (χ2n) is 5.14. The summed E-state index contributed by atoms with van der Waals surface area (Å²) < 4.78 is 7.49. The second kappa shape index (κ2) is 5.45. The number of aryl methyl sites for hydroxylation is 1. The van der Waals surface area contributed by atoms with Gasteiger partial charge in [0.05, 0.1) is 12.2 Å². The summed E-state index contributed by atoms with van der Waals surface area (Å²) in [5, 5.41) is 7.97. The van der Waals surface area contributed by atoms with E-state index in [2.05, 4.69) is 10.3 Å². The van der Waals surface area contributed by atoms with Crippen molar-refractivity contribution in [2.45, 2.75) is 32.2 Å². The number of hydrogen-bond acceptors (Lipinski definition) is 4. The number of ether oxygens (including phenoxy) is 1.